The van der Waals surface area contributed by atoms with Gasteiger partial charge >= 0.3 is 0 Å². The van der Waals surface area contributed by atoms with Gasteiger partial charge in [-0.1, -0.05) is 12.1 Å². The maximum absolute atomic E-state index is 5.71. The largest absolute Gasteiger partial charge is 0.493 e. The number of methoxy groups -OCH3 is 1. The number of aryl methyl sites for hydroxylation is 1. The van der Waals surface area contributed by atoms with Crippen LogP contribution in [0.5, 0.6) is 11.5 Å². The van der Waals surface area contributed by atoms with Crippen LogP contribution in [-0.4, -0.2) is 19.6 Å². The lowest BCUT2D eigenvalue weighted by Crippen LogP contribution is -2.00. The summed E-state index contributed by atoms with van der Waals surface area (Å²) >= 11 is 5.71. The Bertz CT molecular complexity index is 287. The number of ether oxygens (including phenoxy) is 2. The van der Waals surface area contributed by atoms with Crippen molar-refractivity contribution in [1.29, 1.82) is 0 Å². The van der Waals surface area contributed by atoms with Gasteiger partial charge in [0.15, 0.2) is 11.5 Å². The molecule has 0 saturated carbocycles. The Balaban J connectivity index is 3.00. The van der Waals surface area contributed by atoms with E-state index in [4.69, 9.17) is 21.1 Å². The summed E-state index contributed by atoms with van der Waals surface area (Å²) in [5.41, 5.74) is 1.10. The molecular formula is C11H15ClO2. The third kappa shape index (κ3) is 2.55. The third-order valence-corrected chi connectivity index (χ3v) is 2.12. The van der Waals surface area contributed by atoms with E-state index in [0.29, 0.717) is 12.5 Å². The second-order valence-electron chi connectivity index (χ2n) is 2.82. The fourth-order valence-corrected chi connectivity index (χ4v) is 1.53. The van der Waals surface area contributed by atoms with Gasteiger partial charge in [0, 0.05) is 5.88 Å². The number of hydrogen-bond donors (Lipinski definition) is 0. The van der Waals surface area contributed by atoms with Gasteiger partial charge in [-0.2, -0.15) is 0 Å². The minimum atomic E-state index is 0.591. The van der Waals surface area contributed by atoms with E-state index in [1.165, 1.54) is 0 Å². The molecule has 0 fully saturated rings. The van der Waals surface area contributed by atoms with Gasteiger partial charge in [0.05, 0.1) is 13.7 Å². The van der Waals surface area contributed by atoms with Crippen molar-refractivity contribution in [3.05, 3.63) is 23.8 Å². The van der Waals surface area contributed by atoms with Crippen molar-refractivity contribution in [2.75, 3.05) is 19.6 Å². The first kappa shape index (κ1) is 11.2. The van der Waals surface area contributed by atoms with Gasteiger partial charge in [-0.3, -0.25) is 0 Å². The zero-order valence-electron chi connectivity index (χ0n) is 8.55. The van der Waals surface area contributed by atoms with E-state index in [-0.39, 0.29) is 0 Å². The topological polar surface area (TPSA) is 18.5 Å². The molecule has 0 aliphatic carbocycles. The SMILES string of the molecule is CCOc1c(CCCl)cccc1OC. The predicted molar refractivity (Wildman–Crippen MR) is 58.6 cm³/mol. The van der Waals surface area contributed by atoms with Crippen molar-refractivity contribution >= 4 is 11.6 Å². The Morgan fingerprint density at radius 1 is 1.36 bits per heavy atom. The predicted octanol–water partition coefficient (Wildman–Crippen LogP) is 2.88. The lowest BCUT2D eigenvalue weighted by molar-refractivity contribution is 0.308. The maximum atomic E-state index is 5.71. The quantitative estimate of drug-likeness (QED) is 0.702. The number of hydrogen-bond acceptors (Lipinski definition) is 2. The van der Waals surface area contributed by atoms with Crippen LogP contribution in [0.2, 0.25) is 0 Å². The molecule has 3 heteroatoms. The van der Waals surface area contributed by atoms with Gasteiger partial charge in [-0.15, -0.1) is 11.6 Å². The minimum Gasteiger partial charge on any atom is -0.493 e. The highest BCUT2D eigenvalue weighted by atomic mass is 35.5. The normalized spacial score (nSPS) is 9.93. The van der Waals surface area contributed by atoms with E-state index in [0.717, 1.165) is 23.5 Å². The Morgan fingerprint density at radius 2 is 2.14 bits per heavy atom. The summed E-state index contributed by atoms with van der Waals surface area (Å²) in [5, 5.41) is 0. The van der Waals surface area contributed by atoms with Crippen molar-refractivity contribution in [3.63, 3.8) is 0 Å². The summed E-state index contributed by atoms with van der Waals surface area (Å²) in [5.74, 6) is 2.18. The first-order valence-corrected chi connectivity index (χ1v) is 5.21. The highest BCUT2D eigenvalue weighted by Gasteiger charge is 2.08. The molecule has 0 N–H and O–H groups in total. The molecule has 1 aromatic rings. The molecule has 0 unspecified atom stereocenters. The average molecular weight is 215 g/mol. The monoisotopic (exact) mass is 214 g/mol. The summed E-state index contributed by atoms with van der Waals surface area (Å²) in [7, 11) is 1.64. The fourth-order valence-electron chi connectivity index (χ4n) is 1.33. The molecule has 1 rings (SSSR count). The smallest absolute Gasteiger partial charge is 0.164 e. The molecule has 78 valence electrons. The second kappa shape index (κ2) is 5.76. The van der Waals surface area contributed by atoms with Crippen LogP contribution < -0.4 is 9.47 Å². The van der Waals surface area contributed by atoms with Gasteiger partial charge in [0.1, 0.15) is 0 Å². The van der Waals surface area contributed by atoms with E-state index in [1.807, 2.05) is 25.1 Å². The lowest BCUT2D eigenvalue weighted by Gasteiger charge is -2.12. The molecule has 0 amide bonds. The van der Waals surface area contributed by atoms with E-state index < -0.39 is 0 Å². The van der Waals surface area contributed by atoms with E-state index in [9.17, 15) is 0 Å². The van der Waals surface area contributed by atoms with Crippen LogP contribution in [0.4, 0.5) is 0 Å². The average Bonchev–Trinajstić information content (AvgIpc) is 2.21. The molecule has 0 saturated heterocycles. The third-order valence-electron chi connectivity index (χ3n) is 1.93. The van der Waals surface area contributed by atoms with Crippen molar-refractivity contribution in [2.24, 2.45) is 0 Å². The number of alkyl halides is 1. The van der Waals surface area contributed by atoms with Crippen molar-refractivity contribution in [2.45, 2.75) is 13.3 Å². The highest BCUT2D eigenvalue weighted by molar-refractivity contribution is 6.18. The van der Waals surface area contributed by atoms with Crippen LogP contribution >= 0.6 is 11.6 Å². The van der Waals surface area contributed by atoms with Crippen LogP contribution in [0.1, 0.15) is 12.5 Å². The molecule has 0 spiro atoms. The Hall–Kier alpha value is -0.890. The number of halogens is 1. The number of para-hydroxylation sites is 1. The van der Waals surface area contributed by atoms with Crippen LogP contribution in [0.3, 0.4) is 0 Å². The zero-order valence-corrected chi connectivity index (χ0v) is 9.30. The molecular weight excluding hydrogens is 200 g/mol. The van der Waals surface area contributed by atoms with Gasteiger partial charge in [0.25, 0.3) is 0 Å². The van der Waals surface area contributed by atoms with Crippen LogP contribution in [0, 0.1) is 0 Å². The summed E-state index contributed by atoms with van der Waals surface area (Å²) in [6, 6.07) is 5.85. The van der Waals surface area contributed by atoms with E-state index >= 15 is 0 Å². The Morgan fingerprint density at radius 3 is 2.71 bits per heavy atom. The van der Waals surface area contributed by atoms with Gasteiger partial charge in [-0.25, -0.2) is 0 Å². The van der Waals surface area contributed by atoms with Crippen LogP contribution in [0.15, 0.2) is 18.2 Å². The summed E-state index contributed by atoms with van der Waals surface area (Å²) in [4.78, 5) is 0. The number of benzene rings is 1. The van der Waals surface area contributed by atoms with Crippen LogP contribution in [-0.2, 0) is 6.42 Å². The molecule has 0 aromatic heterocycles. The molecule has 0 aliphatic heterocycles. The molecule has 0 atom stereocenters. The summed E-state index contributed by atoms with van der Waals surface area (Å²) in [6.45, 7) is 2.59. The van der Waals surface area contributed by atoms with E-state index in [2.05, 4.69) is 0 Å². The maximum Gasteiger partial charge on any atom is 0.164 e. The lowest BCUT2D eigenvalue weighted by atomic mass is 10.1. The molecule has 0 bridgehead atoms. The Kier molecular flexibility index (Phi) is 4.60. The molecule has 0 aliphatic rings. The molecule has 2 nitrogen and oxygen atoms in total. The number of rotatable bonds is 5. The van der Waals surface area contributed by atoms with Crippen molar-refractivity contribution in [3.8, 4) is 11.5 Å². The van der Waals surface area contributed by atoms with Crippen molar-refractivity contribution in [1.82, 2.24) is 0 Å². The second-order valence-corrected chi connectivity index (χ2v) is 3.20. The van der Waals surface area contributed by atoms with Gasteiger partial charge in [0.2, 0.25) is 0 Å². The molecule has 14 heavy (non-hydrogen) atoms. The van der Waals surface area contributed by atoms with Gasteiger partial charge in [-0.05, 0) is 25.0 Å². The first-order chi connectivity index (χ1) is 6.83. The Labute approximate surface area is 89.8 Å². The zero-order chi connectivity index (χ0) is 10.4. The highest BCUT2D eigenvalue weighted by Crippen LogP contribution is 2.31. The van der Waals surface area contributed by atoms with Crippen molar-refractivity contribution < 1.29 is 9.47 Å². The standard InChI is InChI=1S/C11H15ClO2/c1-3-14-11-9(7-8-12)5-4-6-10(11)13-2/h4-6H,3,7-8H2,1-2H3. The molecule has 1 aromatic carbocycles. The first-order valence-electron chi connectivity index (χ1n) is 4.68. The summed E-state index contributed by atoms with van der Waals surface area (Å²) < 4.78 is 10.7. The summed E-state index contributed by atoms with van der Waals surface area (Å²) in [6.07, 6.45) is 0.800. The van der Waals surface area contributed by atoms with Gasteiger partial charge < -0.3 is 9.47 Å². The van der Waals surface area contributed by atoms with E-state index in [1.54, 1.807) is 7.11 Å². The molecule has 0 heterocycles. The molecule has 0 radical (unpaired) electrons. The van der Waals surface area contributed by atoms with Crippen LogP contribution in [0.25, 0.3) is 0 Å². The fraction of sp³-hybridized carbons (Fsp3) is 0.455. The minimum absolute atomic E-state index is 0.591.